The molecule has 0 aromatic heterocycles. The summed E-state index contributed by atoms with van der Waals surface area (Å²) in [4.78, 5) is 34.5. The van der Waals surface area contributed by atoms with E-state index in [9.17, 15) is 14.4 Å². The van der Waals surface area contributed by atoms with E-state index in [0.717, 1.165) is 0 Å². The van der Waals surface area contributed by atoms with Crippen molar-refractivity contribution < 1.29 is 28.6 Å². The largest absolute Gasteiger partial charge is 0.450 e. The van der Waals surface area contributed by atoms with Crippen LogP contribution < -0.4 is 0 Å². The number of hydrogen-bond donors (Lipinski definition) is 0. The highest BCUT2D eigenvalue weighted by Crippen LogP contribution is 2.48. The standard InChI is InChI=1S/C14H15NO6/c1-8(2)13(18)19-7-12(17)21-14-5-9(3-10(14)6-15)4-11(16)20-14/h9-10H,1,3-5,7H2,2H3. The van der Waals surface area contributed by atoms with Crippen LogP contribution in [0.25, 0.3) is 0 Å². The minimum absolute atomic E-state index is 0.0262. The summed E-state index contributed by atoms with van der Waals surface area (Å²) in [5.41, 5.74) is 0.154. The molecule has 1 saturated heterocycles. The van der Waals surface area contributed by atoms with Crippen molar-refractivity contribution in [2.24, 2.45) is 11.8 Å². The second-order valence-electron chi connectivity index (χ2n) is 5.31. The highest BCUT2D eigenvalue weighted by atomic mass is 16.7. The first kappa shape index (κ1) is 15.0. The van der Waals surface area contributed by atoms with Crippen molar-refractivity contribution in [2.45, 2.75) is 32.0 Å². The summed E-state index contributed by atoms with van der Waals surface area (Å²) in [5, 5.41) is 9.14. The molecule has 2 aliphatic rings. The number of fused-ring (bicyclic) bond motifs is 2. The second-order valence-corrected chi connectivity index (χ2v) is 5.31. The maximum atomic E-state index is 11.8. The van der Waals surface area contributed by atoms with Gasteiger partial charge in [0.2, 0.25) is 0 Å². The summed E-state index contributed by atoms with van der Waals surface area (Å²) in [6, 6.07) is 2.01. The molecule has 1 heterocycles. The molecular formula is C14H15NO6. The maximum Gasteiger partial charge on any atom is 0.347 e. The first-order valence-corrected chi connectivity index (χ1v) is 6.52. The predicted octanol–water partition coefficient (Wildman–Crippen LogP) is 0.842. The maximum absolute atomic E-state index is 11.8. The van der Waals surface area contributed by atoms with Gasteiger partial charge in [0, 0.05) is 18.4 Å². The lowest BCUT2D eigenvalue weighted by Crippen LogP contribution is -2.45. The van der Waals surface area contributed by atoms with Gasteiger partial charge in [-0.05, 0) is 19.3 Å². The van der Waals surface area contributed by atoms with Crippen LogP contribution in [-0.2, 0) is 28.6 Å². The zero-order chi connectivity index (χ0) is 15.6. The van der Waals surface area contributed by atoms with Gasteiger partial charge in [-0.3, -0.25) is 4.79 Å². The number of rotatable bonds is 4. The number of hydrogen-bond acceptors (Lipinski definition) is 7. The number of nitriles is 1. The molecule has 7 nitrogen and oxygen atoms in total. The lowest BCUT2D eigenvalue weighted by Gasteiger charge is -2.33. The molecule has 0 spiro atoms. The van der Waals surface area contributed by atoms with Crippen LogP contribution in [0.2, 0.25) is 0 Å². The van der Waals surface area contributed by atoms with Gasteiger partial charge in [0.05, 0.1) is 6.07 Å². The Kier molecular flexibility index (Phi) is 3.98. The average Bonchev–Trinajstić information content (AvgIpc) is 2.65. The molecular weight excluding hydrogens is 278 g/mol. The van der Waals surface area contributed by atoms with Crippen molar-refractivity contribution >= 4 is 17.9 Å². The SMILES string of the molecule is C=C(C)C(=O)OCC(=O)OC12CC(CC(=O)O1)CC2C#N. The zero-order valence-corrected chi connectivity index (χ0v) is 11.6. The van der Waals surface area contributed by atoms with Gasteiger partial charge in [0.15, 0.2) is 6.61 Å². The van der Waals surface area contributed by atoms with Crippen LogP contribution in [0.1, 0.15) is 26.2 Å². The Bertz CT molecular complexity index is 548. The fourth-order valence-corrected chi connectivity index (χ4v) is 2.63. The quantitative estimate of drug-likeness (QED) is 0.559. The molecule has 2 bridgehead atoms. The Morgan fingerprint density at radius 1 is 1.57 bits per heavy atom. The third-order valence-electron chi connectivity index (χ3n) is 3.53. The van der Waals surface area contributed by atoms with E-state index in [1.807, 2.05) is 6.07 Å². The molecule has 3 unspecified atom stereocenters. The van der Waals surface area contributed by atoms with E-state index in [1.165, 1.54) is 6.92 Å². The Labute approximate surface area is 121 Å². The molecule has 7 heteroatoms. The van der Waals surface area contributed by atoms with Crippen LogP contribution in [0.5, 0.6) is 0 Å². The van der Waals surface area contributed by atoms with Gasteiger partial charge in [-0.15, -0.1) is 0 Å². The minimum atomic E-state index is -1.54. The number of ether oxygens (including phenoxy) is 3. The van der Waals surface area contributed by atoms with Gasteiger partial charge >= 0.3 is 17.9 Å². The van der Waals surface area contributed by atoms with Gasteiger partial charge < -0.3 is 14.2 Å². The summed E-state index contributed by atoms with van der Waals surface area (Å²) in [7, 11) is 0. The normalized spacial score (nSPS) is 30.0. The van der Waals surface area contributed by atoms with Crippen LogP contribution >= 0.6 is 0 Å². The fourth-order valence-electron chi connectivity index (χ4n) is 2.63. The fraction of sp³-hybridized carbons (Fsp3) is 0.571. The molecule has 1 saturated carbocycles. The first-order chi connectivity index (χ1) is 9.86. The van der Waals surface area contributed by atoms with E-state index in [4.69, 9.17) is 14.7 Å². The van der Waals surface area contributed by atoms with Crippen molar-refractivity contribution in [3.05, 3.63) is 12.2 Å². The van der Waals surface area contributed by atoms with Crippen LogP contribution in [0.4, 0.5) is 0 Å². The smallest absolute Gasteiger partial charge is 0.347 e. The lowest BCUT2D eigenvalue weighted by molar-refractivity contribution is -0.244. The van der Waals surface area contributed by atoms with E-state index in [0.29, 0.717) is 12.8 Å². The van der Waals surface area contributed by atoms with Crippen molar-refractivity contribution in [1.82, 2.24) is 0 Å². The van der Waals surface area contributed by atoms with E-state index in [-0.39, 0.29) is 17.9 Å². The Morgan fingerprint density at radius 3 is 2.90 bits per heavy atom. The molecule has 1 aliphatic heterocycles. The number of esters is 3. The first-order valence-electron chi connectivity index (χ1n) is 6.52. The summed E-state index contributed by atoms with van der Waals surface area (Å²) in [6.45, 7) is 4.21. The molecule has 0 N–H and O–H groups in total. The van der Waals surface area contributed by atoms with E-state index in [2.05, 4.69) is 11.3 Å². The molecule has 2 fully saturated rings. The topological polar surface area (TPSA) is 103 Å². The van der Waals surface area contributed by atoms with Gasteiger partial charge in [0.25, 0.3) is 5.79 Å². The van der Waals surface area contributed by atoms with Crippen molar-refractivity contribution in [1.29, 1.82) is 5.26 Å². The van der Waals surface area contributed by atoms with Gasteiger partial charge in [-0.25, -0.2) is 9.59 Å². The third-order valence-corrected chi connectivity index (χ3v) is 3.53. The molecule has 0 aromatic carbocycles. The third kappa shape index (κ3) is 3.05. The Morgan fingerprint density at radius 2 is 2.29 bits per heavy atom. The number of nitrogens with zero attached hydrogens (tertiary/aromatic N) is 1. The van der Waals surface area contributed by atoms with Crippen LogP contribution in [0.3, 0.4) is 0 Å². The summed E-state index contributed by atoms with van der Waals surface area (Å²) in [6.07, 6.45) is 0.973. The van der Waals surface area contributed by atoms with Crippen molar-refractivity contribution in [3.63, 3.8) is 0 Å². The van der Waals surface area contributed by atoms with Crippen molar-refractivity contribution in [2.75, 3.05) is 6.61 Å². The van der Waals surface area contributed by atoms with Gasteiger partial charge in [-0.2, -0.15) is 5.26 Å². The zero-order valence-electron chi connectivity index (χ0n) is 11.6. The minimum Gasteiger partial charge on any atom is -0.450 e. The average molecular weight is 293 g/mol. The molecule has 0 amide bonds. The molecule has 2 rings (SSSR count). The highest BCUT2D eigenvalue weighted by molar-refractivity contribution is 5.88. The Hall–Kier alpha value is -2.36. The number of carbonyl (C=O) groups excluding carboxylic acids is 3. The molecule has 3 atom stereocenters. The molecule has 0 aromatic rings. The van der Waals surface area contributed by atoms with Gasteiger partial charge in [0.1, 0.15) is 5.92 Å². The second kappa shape index (κ2) is 5.56. The van der Waals surface area contributed by atoms with Crippen LogP contribution in [-0.4, -0.2) is 30.3 Å². The van der Waals surface area contributed by atoms with Crippen LogP contribution in [0, 0.1) is 23.2 Å². The highest BCUT2D eigenvalue weighted by Gasteiger charge is 2.57. The van der Waals surface area contributed by atoms with Crippen molar-refractivity contribution in [3.8, 4) is 6.07 Å². The summed E-state index contributed by atoms with van der Waals surface area (Å²) in [5.74, 6) is -4.33. The monoisotopic (exact) mass is 293 g/mol. The van der Waals surface area contributed by atoms with Gasteiger partial charge in [-0.1, -0.05) is 6.58 Å². The van der Waals surface area contributed by atoms with E-state index >= 15 is 0 Å². The molecule has 112 valence electrons. The summed E-state index contributed by atoms with van der Waals surface area (Å²) >= 11 is 0. The molecule has 21 heavy (non-hydrogen) atoms. The number of carbonyl (C=O) groups is 3. The molecule has 0 radical (unpaired) electrons. The van der Waals surface area contributed by atoms with Crippen LogP contribution in [0.15, 0.2) is 12.2 Å². The van der Waals surface area contributed by atoms with E-state index < -0.39 is 36.2 Å². The molecule has 1 aliphatic carbocycles. The van der Waals surface area contributed by atoms with E-state index in [1.54, 1.807) is 0 Å². The Balaban J connectivity index is 2.01. The predicted molar refractivity (Wildman–Crippen MR) is 67.1 cm³/mol. The summed E-state index contributed by atoms with van der Waals surface area (Å²) < 4.78 is 15.0. The lowest BCUT2D eigenvalue weighted by atomic mass is 10.0.